The number of nitrogens with one attached hydrogen (secondary N) is 1. The van der Waals surface area contributed by atoms with Crippen LogP contribution in [0.15, 0.2) is 11.2 Å². The Morgan fingerprint density at radius 2 is 2.31 bits per heavy atom. The van der Waals surface area contributed by atoms with E-state index in [0.29, 0.717) is 22.2 Å². The van der Waals surface area contributed by atoms with Crippen LogP contribution in [0.25, 0.3) is 0 Å². The van der Waals surface area contributed by atoms with Gasteiger partial charge in [0, 0.05) is 26.2 Å². The Balaban J connectivity index is 2.01. The molecule has 0 aliphatic carbocycles. The molecule has 2 aliphatic rings. The number of aliphatic imine (C=N–C) groups is 1. The zero-order valence-electron chi connectivity index (χ0n) is 14.1. The molecule has 2 aliphatic heterocycles. The van der Waals surface area contributed by atoms with E-state index in [2.05, 4.69) is 19.9 Å². The van der Waals surface area contributed by atoms with E-state index >= 15 is 0 Å². The van der Waals surface area contributed by atoms with Crippen molar-refractivity contribution in [1.29, 1.82) is 0 Å². The number of nitrogens with zero attached hydrogens (tertiary/aromatic N) is 5. The number of hydrogen-bond donors (Lipinski definition) is 3. The molecule has 13 nitrogen and oxygen atoms in total. The highest BCUT2D eigenvalue weighted by Gasteiger charge is 2.53. The Morgan fingerprint density at radius 1 is 1.58 bits per heavy atom. The van der Waals surface area contributed by atoms with Crippen molar-refractivity contribution in [2.45, 2.75) is 12.1 Å². The van der Waals surface area contributed by atoms with Crippen LogP contribution < -0.4 is 11.2 Å². The number of amidine groups is 1. The zero-order chi connectivity index (χ0) is 19.1. The molecule has 0 aromatic carbocycles. The molecule has 2 atom stereocenters. The third-order valence-electron chi connectivity index (χ3n) is 4.10. The zero-order valence-corrected chi connectivity index (χ0v) is 14.9. The number of hydrogen-bond acceptors (Lipinski definition) is 8. The predicted molar refractivity (Wildman–Crippen MR) is 86.8 cm³/mol. The summed E-state index contributed by atoms with van der Waals surface area (Å²) in [6.45, 7) is 0.625. The average molecular weight is 389 g/mol. The van der Waals surface area contributed by atoms with Crippen LogP contribution in [0.3, 0.4) is 0 Å². The van der Waals surface area contributed by atoms with Crippen molar-refractivity contribution in [3.8, 4) is 0 Å². The van der Waals surface area contributed by atoms with Crippen molar-refractivity contribution in [3.63, 3.8) is 0 Å². The van der Waals surface area contributed by atoms with Crippen molar-refractivity contribution in [1.82, 2.24) is 25.2 Å². The van der Waals surface area contributed by atoms with E-state index in [-0.39, 0.29) is 19.7 Å². The van der Waals surface area contributed by atoms with Crippen LogP contribution in [-0.4, -0.2) is 71.3 Å². The summed E-state index contributed by atoms with van der Waals surface area (Å²) in [6, 6.07) is -2.19. The Hall–Kier alpha value is -2.26. The lowest BCUT2D eigenvalue weighted by molar-refractivity contribution is -0.0316. The van der Waals surface area contributed by atoms with E-state index in [9.17, 15) is 13.2 Å². The number of urea groups is 1. The first-order chi connectivity index (χ1) is 12.3. The van der Waals surface area contributed by atoms with Gasteiger partial charge in [0.05, 0.1) is 25.0 Å². The number of rotatable bonds is 6. The molecule has 0 spiro atoms. The molecule has 14 heteroatoms. The fourth-order valence-electron chi connectivity index (χ4n) is 3.11. The van der Waals surface area contributed by atoms with Gasteiger partial charge in [-0.15, -0.1) is 4.28 Å². The third-order valence-corrected chi connectivity index (χ3v) is 4.45. The van der Waals surface area contributed by atoms with Gasteiger partial charge in [0.1, 0.15) is 17.9 Å². The number of hydroxylamine groups is 3. The van der Waals surface area contributed by atoms with Gasteiger partial charge in [0.2, 0.25) is 0 Å². The monoisotopic (exact) mass is 389 g/mol. The first kappa shape index (κ1) is 18.5. The Bertz CT molecular complexity index is 837. The lowest BCUT2D eigenvalue weighted by Crippen LogP contribution is -2.44. The lowest BCUT2D eigenvalue weighted by atomic mass is 9.97. The maximum absolute atomic E-state index is 12.7. The van der Waals surface area contributed by atoms with Crippen molar-refractivity contribution in [2.75, 3.05) is 26.7 Å². The number of carbonyl (C=O) groups excluding carboxylic acids is 1. The molecule has 1 saturated heterocycles. The first-order valence-corrected chi connectivity index (χ1v) is 8.98. The first-order valence-electron chi connectivity index (χ1n) is 7.61. The molecular weight excluding hydrogens is 370 g/mol. The quantitative estimate of drug-likeness (QED) is 0.172. The summed E-state index contributed by atoms with van der Waals surface area (Å²) in [7, 11) is -1.67. The van der Waals surface area contributed by atoms with Crippen LogP contribution in [0.5, 0.6) is 0 Å². The van der Waals surface area contributed by atoms with Crippen LogP contribution in [-0.2, 0) is 26.6 Å². The topological polar surface area (TPSA) is 165 Å². The molecule has 0 unspecified atom stereocenters. The second-order valence-corrected chi connectivity index (χ2v) is 6.64. The van der Waals surface area contributed by atoms with Gasteiger partial charge in [-0.1, -0.05) is 0 Å². The summed E-state index contributed by atoms with van der Waals surface area (Å²) < 4.78 is 37.2. The van der Waals surface area contributed by atoms with E-state index in [4.69, 9.17) is 15.1 Å². The number of carbonyl (C=O) groups is 1. The maximum Gasteiger partial charge on any atom is 0.418 e. The Kier molecular flexibility index (Phi) is 4.85. The normalized spacial score (nSPS) is 22.8. The van der Waals surface area contributed by atoms with Gasteiger partial charge in [-0.2, -0.15) is 18.6 Å². The summed E-state index contributed by atoms with van der Waals surface area (Å²) in [4.78, 5) is 23.4. The molecular formula is C12H19N7O6S. The molecule has 4 N–H and O–H groups in total. The van der Waals surface area contributed by atoms with E-state index < -0.39 is 28.5 Å². The van der Waals surface area contributed by atoms with Gasteiger partial charge in [0.25, 0.3) is 0 Å². The van der Waals surface area contributed by atoms with Crippen molar-refractivity contribution in [3.05, 3.63) is 17.5 Å². The molecule has 3 rings (SSSR count). The lowest BCUT2D eigenvalue weighted by Gasteiger charge is -2.31. The average Bonchev–Trinajstić information content (AvgIpc) is 3.07. The fourth-order valence-corrected chi connectivity index (χ4v) is 3.48. The summed E-state index contributed by atoms with van der Waals surface area (Å²) >= 11 is 0. The summed E-state index contributed by atoms with van der Waals surface area (Å²) in [6.07, 6.45) is 1.51. The Labute approximate surface area is 149 Å². The van der Waals surface area contributed by atoms with Crippen molar-refractivity contribution in [2.24, 2.45) is 17.8 Å². The largest absolute Gasteiger partial charge is 0.418 e. The highest BCUT2D eigenvalue weighted by molar-refractivity contribution is 7.80. The molecule has 3 heterocycles. The minimum absolute atomic E-state index is 0.120. The predicted octanol–water partition coefficient (Wildman–Crippen LogP) is -1.50. The van der Waals surface area contributed by atoms with E-state index in [1.54, 1.807) is 11.7 Å². The van der Waals surface area contributed by atoms with Crippen molar-refractivity contribution < 1.29 is 26.9 Å². The summed E-state index contributed by atoms with van der Waals surface area (Å²) in [5, 5.41) is 4.79. The van der Waals surface area contributed by atoms with Gasteiger partial charge < -0.3 is 10.6 Å². The van der Waals surface area contributed by atoms with Gasteiger partial charge in [0.15, 0.2) is 0 Å². The smallest absolute Gasteiger partial charge is 0.328 e. The van der Waals surface area contributed by atoms with E-state index in [0.717, 1.165) is 0 Å². The number of aromatic nitrogens is 2. The highest BCUT2D eigenvalue weighted by Crippen LogP contribution is 2.44. The fraction of sp³-hybridized carbons (Fsp3) is 0.583. The molecule has 26 heavy (non-hydrogen) atoms. The number of aryl methyl sites for hydroxylation is 1. The van der Waals surface area contributed by atoms with Gasteiger partial charge in [-0.25, -0.2) is 4.79 Å². The van der Waals surface area contributed by atoms with Gasteiger partial charge in [-0.3, -0.25) is 24.5 Å². The van der Waals surface area contributed by atoms with Crippen LogP contribution in [0.2, 0.25) is 0 Å². The van der Waals surface area contributed by atoms with Crippen molar-refractivity contribution >= 4 is 22.3 Å². The Morgan fingerprint density at radius 3 is 2.92 bits per heavy atom. The van der Waals surface area contributed by atoms with E-state index in [1.165, 1.54) is 18.1 Å². The molecule has 1 aromatic rings. The minimum atomic E-state index is -4.87. The minimum Gasteiger partial charge on any atom is -0.328 e. The van der Waals surface area contributed by atoms with Crippen LogP contribution >= 0.6 is 0 Å². The molecule has 1 fully saturated rings. The molecule has 2 bridgehead atoms. The SMILES string of the molecule is CN=C(NOCCN)[C@@H]1c2c(cnn2C)[C@H]2CN1C(=O)N2OS(=O)(=O)O. The maximum atomic E-state index is 12.7. The second-order valence-electron chi connectivity index (χ2n) is 5.64. The van der Waals surface area contributed by atoms with Gasteiger partial charge >= 0.3 is 16.4 Å². The second kappa shape index (κ2) is 6.81. The van der Waals surface area contributed by atoms with Crippen LogP contribution in [0.4, 0.5) is 4.79 Å². The summed E-state index contributed by atoms with van der Waals surface area (Å²) in [5.74, 6) is 0.309. The summed E-state index contributed by atoms with van der Waals surface area (Å²) in [5.41, 5.74) is 9.25. The van der Waals surface area contributed by atoms with Gasteiger partial charge in [-0.05, 0) is 0 Å². The molecule has 144 valence electrons. The molecule has 2 amide bonds. The molecule has 1 aromatic heterocycles. The standard InChI is InChI=1S/C12H19N7O6S/c1-14-11(16-24-4-3-13)10-9-7(5-15-17(9)2)8-6-18(10)12(20)19(8)25-26(21,22)23/h5,8,10H,3-4,6,13H2,1-2H3,(H,14,16)(H,21,22,23)/t8-,10+/m1/s1. The third kappa shape index (κ3) is 3.12. The number of nitrogens with two attached hydrogens (primary N) is 1. The number of amides is 2. The van der Waals surface area contributed by atoms with Crippen LogP contribution in [0.1, 0.15) is 23.3 Å². The molecule has 0 saturated carbocycles. The molecule has 0 radical (unpaired) electrons. The number of fused-ring (bicyclic) bond motifs is 4. The van der Waals surface area contributed by atoms with E-state index in [1.807, 2.05) is 0 Å². The van der Waals surface area contributed by atoms with Crippen LogP contribution in [0, 0.1) is 0 Å². The highest BCUT2D eigenvalue weighted by atomic mass is 32.3.